The van der Waals surface area contributed by atoms with E-state index in [9.17, 15) is 0 Å². The van der Waals surface area contributed by atoms with E-state index < -0.39 is 0 Å². The lowest BCUT2D eigenvalue weighted by Gasteiger charge is -2.12. The Morgan fingerprint density at radius 1 is 1.00 bits per heavy atom. The minimum absolute atomic E-state index is 0.832. The maximum atomic E-state index is 4.78. The molecule has 0 atom stereocenters. The Hall–Kier alpha value is -3.31. The summed E-state index contributed by atoms with van der Waals surface area (Å²) in [5.74, 6) is 0.832. The van der Waals surface area contributed by atoms with Crippen molar-refractivity contribution in [3.05, 3.63) is 72.4 Å². The summed E-state index contributed by atoms with van der Waals surface area (Å²) in [6.07, 6.45) is 1.95. The Labute approximate surface area is 167 Å². The molecule has 0 aliphatic rings. The third-order valence-corrected chi connectivity index (χ3v) is 6.16. The first-order chi connectivity index (χ1) is 13.7. The second kappa shape index (κ2) is 6.69. The number of fused-ring (bicyclic) bond motifs is 2. The molecular weight excluding hydrogens is 364 g/mol. The van der Waals surface area contributed by atoms with Gasteiger partial charge in [-0.05, 0) is 54.3 Å². The quantitative estimate of drug-likeness (QED) is 0.330. The topological polar surface area (TPSA) is 52.7 Å². The summed E-state index contributed by atoms with van der Waals surface area (Å²) in [4.78, 5) is 9.30. The first-order valence-corrected chi connectivity index (χ1v) is 10.1. The number of nitrogens with zero attached hydrogens (tertiary/aromatic N) is 1. The molecule has 0 saturated heterocycles. The van der Waals surface area contributed by atoms with Crippen LogP contribution in [0.15, 0.2) is 66.9 Å². The molecule has 5 aromatic rings. The molecule has 0 bridgehead atoms. The molecule has 3 N–H and O–H groups in total. The third kappa shape index (κ3) is 2.90. The molecule has 138 valence electrons. The molecule has 0 aliphatic heterocycles. The number of thiophene rings is 1. The smallest absolute Gasteiger partial charge is 0.140 e. The standard InChI is InChI=1S/C23H20N4S/c1-14-7-8-16(24-2)12-19(14)26-22-13-18(17-9-10-25-23(17)27-22)21-11-15-5-3-4-6-20(15)28-21/h3-13,24H,1-2H3,(H2,25,26,27). The van der Waals surface area contributed by atoms with Crippen LogP contribution >= 0.6 is 11.3 Å². The van der Waals surface area contributed by atoms with Crippen LogP contribution in [0.25, 0.3) is 31.6 Å². The number of aromatic nitrogens is 2. The number of rotatable bonds is 4. The Kier molecular flexibility index (Phi) is 4.02. The summed E-state index contributed by atoms with van der Waals surface area (Å²) >= 11 is 1.81. The van der Waals surface area contributed by atoms with Crippen molar-refractivity contribution in [2.24, 2.45) is 0 Å². The zero-order valence-electron chi connectivity index (χ0n) is 15.7. The molecular formula is C23H20N4S. The predicted molar refractivity (Wildman–Crippen MR) is 121 cm³/mol. The molecule has 0 aliphatic carbocycles. The maximum Gasteiger partial charge on any atom is 0.140 e. The van der Waals surface area contributed by atoms with Gasteiger partial charge in [-0.2, -0.15) is 0 Å². The predicted octanol–water partition coefficient (Wildman–Crippen LogP) is 6.54. The maximum absolute atomic E-state index is 4.78. The van der Waals surface area contributed by atoms with Gasteiger partial charge in [-0.15, -0.1) is 11.3 Å². The normalized spacial score (nSPS) is 11.2. The van der Waals surface area contributed by atoms with Gasteiger partial charge in [0, 0.05) is 45.1 Å². The van der Waals surface area contributed by atoms with Crippen LogP contribution in [0.5, 0.6) is 0 Å². The first kappa shape index (κ1) is 16.8. The number of pyridine rings is 1. The van der Waals surface area contributed by atoms with Crippen molar-refractivity contribution < 1.29 is 0 Å². The molecule has 2 aromatic carbocycles. The summed E-state index contributed by atoms with van der Waals surface area (Å²) in [6, 6.07) is 21.3. The summed E-state index contributed by atoms with van der Waals surface area (Å²) in [5, 5.41) is 9.11. The van der Waals surface area contributed by atoms with Crippen LogP contribution in [-0.4, -0.2) is 17.0 Å². The molecule has 0 unspecified atom stereocenters. The highest BCUT2D eigenvalue weighted by Gasteiger charge is 2.12. The highest BCUT2D eigenvalue weighted by molar-refractivity contribution is 7.22. The molecule has 0 spiro atoms. The van der Waals surface area contributed by atoms with Crippen molar-refractivity contribution in [3.8, 4) is 10.4 Å². The van der Waals surface area contributed by atoms with Gasteiger partial charge in [-0.1, -0.05) is 24.3 Å². The molecule has 4 nitrogen and oxygen atoms in total. The van der Waals surface area contributed by atoms with Crippen molar-refractivity contribution in [1.82, 2.24) is 9.97 Å². The van der Waals surface area contributed by atoms with Crippen molar-refractivity contribution in [3.63, 3.8) is 0 Å². The second-order valence-electron chi connectivity index (χ2n) is 6.85. The SMILES string of the molecule is CNc1ccc(C)c(Nc2cc(-c3cc4ccccc4s3)c3cc[nH]c3n2)c1. The minimum Gasteiger partial charge on any atom is -0.388 e. The zero-order chi connectivity index (χ0) is 19.1. The van der Waals surface area contributed by atoms with Crippen molar-refractivity contribution in [1.29, 1.82) is 0 Å². The number of aromatic amines is 1. The summed E-state index contributed by atoms with van der Waals surface area (Å²) < 4.78 is 1.30. The fourth-order valence-corrected chi connectivity index (χ4v) is 4.56. The lowest BCUT2D eigenvalue weighted by molar-refractivity contribution is 1.30. The summed E-state index contributed by atoms with van der Waals surface area (Å²) in [6.45, 7) is 2.10. The van der Waals surface area contributed by atoms with E-state index in [-0.39, 0.29) is 0 Å². The number of hydrogen-bond donors (Lipinski definition) is 3. The number of H-pyrrole nitrogens is 1. The fourth-order valence-electron chi connectivity index (χ4n) is 3.47. The Balaban J connectivity index is 1.63. The lowest BCUT2D eigenvalue weighted by Crippen LogP contribution is -1.98. The van der Waals surface area contributed by atoms with Crippen LogP contribution in [0.4, 0.5) is 17.2 Å². The van der Waals surface area contributed by atoms with E-state index in [1.54, 1.807) is 0 Å². The minimum atomic E-state index is 0.832. The highest BCUT2D eigenvalue weighted by atomic mass is 32.1. The highest BCUT2D eigenvalue weighted by Crippen LogP contribution is 2.38. The Morgan fingerprint density at radius 2 is 1.89 bits per heavy atom. The van der Waals surface area contributed by atoms with Crippen molar-refractivity contribution in [2.75, 3.05) is 17.7 Å². The van der Waals surface area contributed by atoms with E-state index in [0.717, 1.165) is 28.2 Å². The van der Waals surface area contributed by atoms with Crippen LogP contribution in [-0.2, 0) is 0 Å². The van der Waals surface area contributed by atoms with E-state index in [1.165, 1.54) is 26.1 Å². The number of benzene rings is 2. The van der Waals surface area contributed by atoms with Gasteiger partial charge in [0.25, 0.3) is 0 Å². The molecule has 5 heteroatoms. The molecule has 3 aromatic heterocycles. The van der Waals surface area contributed by atoms with Gasteiger partial charge >= 0.3 is 0 Å². The average molecular weight is 385 g/mol. The first-order valence-electron chi connectivity index (χ1n) is 9.24. The van der Waals surface area contributed by atoms with Crippen LogP contribution < -0.4 is 10.6 Å². The average Bonchev–Trinajstić information content (AvgIpc) is 3.35. The molecule has 0 amide bonds. The molecule has 0 radical (unpaired) electrons. The van der Waals surface area contributed by atoms with Crippen molar-refractivity contribution in [2.45, 2.75) is 6.92 Å². The number of anilines is 3. The van der Waals surface area contributed by atoms with Crippen LogP contribution in [0.1, 0.15) is 5.56 Å². The van der Waals surface area contributed by atoms with Crippen LogP contribution in [0.2, 0.25) is 0 Å². The third-order valence-electron chi connectivity index (χ3n) is 5.01. The van der Waals surface area contributed by atoms with E-state index in [4.69, 9.17) is 4.98 Å². The number of hydrogen-bond acceptors (Lipinski definition) is 4. The molecule has 5 rings (SSSR count). The van der Waals surface area contributed by atoms with Crippen LogP contribution in [0.3, 0.4) is 0 Å². The fraction of sp³-hybridized carbons (Fsp3) is 0.0870. The molecule has 3 heterocycles. The van der Waals surface area contributed by atoms with E-state index in [1.807, 2.05) is 24.6 Å². The lowest BCUT2D eigenvalue weighted by atomic mass is 10.1. The van der Waals surface area contributed by atoms with Crippen molar-refractivity contribution >= 4 is 49.6 Å². The Morgan fingerprint density at radius 3 is 2.75 bits per heavy atom. The van der Waals surface area contributed by atoms with Gasteiger partial charge < -0.3 is 15.6 Å². The molecule has 0 saturated carbocycles. The molecule has 28 heavy (non-hydrogen) atoms. The molecule has 0 fully saturated rings. The summed E-state index contributed by atoms with van der Waals surface area (Å²) in [5.41, 5.74) is 5.37. The van der Waals surface area contributed by atoms with Gasteiger partial charge in [0.15, 0.2) is 0 Å². The van der Waals surface area contributed by atoms with E-state index in [2.05, 4.69) is 83.2 Å². The Bertz CT molecular complexity index is 1270. The van der Waals surface area contributed by atoms with Gasteiger partial charge in [-0.25, -0.2) is 4.98 Å². The van der Waals surface area contributed by atoms with Gasteiger partial charge in [0.2, 0.25) is 0 Å². The zero-order valence-corrected chi connectivity index (χ0v) is 16.5. The van der Waals surface area contributed by atoms with Gasteiger partial charge in [0.05, 0.1) is 0 Å². The van der Waals surface area contributed by atoms with Gasteiger partial charge in [-0.3, -0.25) is 0 Å². The van der Waals surface area contributed by atoms with Crippen LogP contribution in [0, 0.1) is 6.92 Å². The number of nitrogens with one attached hydrogen (secondary N) is 3. The van der Waals surface area contributed by atoms with Gasteiger partial charge in [0.1, 0.15) is 11.5 Å². The number of aryl methyl sites for hydroxylation is 1. The largest absolute Gasteiger partial charge is 0.388 e. The second-order valence-corrected chi connectivity index (χ2v) is 7.93. The van der Waals surface area contributed by atoms with E-state index in [0.29, 0.717) is 0 Å². The van der Waals surface area contributed by atoms with E-state index >= 15 is 0 Å². The summed E-state index contributed by atoms with van der Waals surface area (Å²) in [7, 11) is 1.93. The monoisotopic (exact) mass is 384 g/mol.